The van der Waals surface area contributed by atoms with Gasteiger partial charge in [0.05, 0.1) is 0 Å². The molecule has 0 saturated heterocycles. The Morgan fingerprint density at radius 2 is 1.89 bits per heavy atom. The molecule has 18 heavy (non-hydrogen) atoms. The zero-order valence-corrected chi connectivity index (χ0v) is 9.95. The van der Waals surface area contributed by atoms with Gasteiger partial charge in [-0.3, -0.25) is 4.57 Å². The van der Waals surface area contributed by atoms with E-state index in [4.69, 9.17) is 5.14 Å². The minimum absolute atomic E-state index is 0.0675. The van der Waals surface area contributed by atoms with E-state index in [0.717, 1.165) is 16.7 Å². The van der Waals surface area contributed by atoms with E-state index < -0.39 is 26.8 Å². The first-order chi connectivity index (χ1) is 8.30. The highest BCUT2D eigenvalue weighted by Gasteiger charge is 2.20. The Bertz CT molecular complexity index is 711. The summed E-state index contributed by atoms with van der Waals surface area (Å²) in [5.74, 6) is -2.00. The lowest BCUT2D eigenvalue weighted by Crippen LogP contribution is -2.17. The highest BCUT2D eigenvalue weighted by Crippen LogP contribution is 2.20. The van der Waals surface area contributed by atoms with Crippen molar-refractivity contribution >= 4 is 10.0 Å². The van der Waals surface area contributed by atoms with E-state index in [9.17, 15) is 17.2 Å². The van der Waals surface area contributed by atoms with Crippen molar-refractivity contribution in [2.45, 2.75) is 5.16 Å². The fourth-order valence-electron chi connectivity index (χ4n) is 1.45. The molecule has 2 rings (SSSR count). The molecule has 0 aliphatic carbocycles. The number of nitrogens with zero attached hydrogens (tertiary/aromatic N) is 3. The van der Waals surface area contributed by atoms with Crippen molar-refractivity contribution in [1.29, 1.82) is 0 Å². The number of benzene rings is 1. The molecule has 2 aromatic rings. The molecule has 2 N–H and O–H groups in total. The van der Waals surface area contributed by atoms with Gasteiger partial charge in [0, 0.05) is 12.6 Å². The van der Waals surface area contributed by atoms with E-state index in [2.05, 4.69) is 10.2 Å². The Kier molecular flexibility index (Phi) is 2.87. The lowest BCUT2D eigenvalue weighted by Gasteiger charge is -2.03. The van der Waals surface area contributed by atoms with Gasteiger partial charge >= 0.3 is 0 Å². The van der Waals surface area contributed by atoms with Crippen LogP contribution in [0.2, 0.25) is 0 Å². The minimum atomic E-state index is -4.02. The van der Waals surface area contributed by atoms with Gasteiger partial charge in [0.15, 0.2) is 17.5 Å². The van der Waals surface area contributed by atoms with Crippen molar-refractivity contribution in [3.63, 3.8) is 0 Å². The van der Waals surface area contributed by atoms with Crippen LogP contribution in [-0.4, -0.2) is 23.2 Å². The molecule has 0 atom stereocenters. The van der Waals surface area contributed by atoms with Gasteiger partial charge in [-0.15, -0.1) is 10.2 Å². The Hall–Kier alpha value is -1.87. The Morgan fingerprint density at radius 1 is 1.22 bits per heavy atom. The minimum Gasteiger partial charge on any atom is -0.300 e. The third kappa shape index (κ3) is 2.09. The molecular weight excluding hydrogens is 266 g/mol. The van der Waals surface area contributed by atoms with Crippen LogP contribution < -0.4 is 5.14 Å². The van der Waals surface area contributed by atoms with Gasteiger partial charge in [-0.05, 0) is 18.2 Å². The number of rotatable bonds is 2. The average Bonchev–Trinajstić information content (AvgIpc) is 2.64. The summed E-state index contributed by atoms with van der Waals surface area (Å²) in [6.07, 6.45) is 0. The molecular formula is C9H8F2N4O2S. The van der Waals surface area contributed by atoms with E-state index in [1.165, 1.54) is 13.1 Å². The largest absolute Gasteiger partial charge is 0.300 e. The molecule has 0 unspecified atom stereocenters. The summed E-state index contributed by atoms with van der Waals surface area (Å²) >= 11 is 0. The van der Waals surface area contributed by atoms with Gasteiger partial charge < -0.3 is 0 Å². The summed E-state index contributed by atoms with van der Waals surface area (Å²) in [4.78, 5) is 0. The predicted octanol–water partition coefficient (Wildman–Crippen LogP) is 0.408. The fourth-order valence-corrected chi connectivity index (χ4v) is 2.07. The molecule has 0 saturated carbocycles. The number of primary sulfonamides is 1. The first kappa shape index (κ1) is 12.6. The summed E-state index contributed by atoms with van der Waals surface area (Å²) < 4.78 is 49.2. The molecule has 9 heteroatoms. The summed E-state index contributed by atoms with van der Waals surface area (Å²) in [6.45, 7) is 0. The van der Waals surface area contributed by atoms with Crippen LogP contribution in [0.3, 0.4) is 0 Å². The maximum absolute atomic E-state index is 13.1. The monoisotopic (exact) mass is 274 g/mol. The molecule has 6 nitrogen and oxygen atoms in total. The summed E-state index contributed by atoms with van der Waals surface area (Å²) in [7, 11) is -2.66. The molecule has 1 aromatic carbocycles. The predicted molar refractivity (Wildman–Crippen MR) is 57.7 cm³/mol. The Labute approximate surface area is 101 Å². The van der Waals surface area contributed by atoms with Crippen LogP contribution in [0.25, 0.3) is 11.4 Å². The van der Waals surface area contributed by atoms with E-state index >= 15 is 0 Å². The number of sulfonamides is 1. The van der Waals surface area contributed by atoms with Crippen LogP contribution in [0.15, 0.2) is 23.4 Å². The quantitative estimate of drug-likeness (QED) is 0.858. The topological polar surface area (TPSA) is 90.9 Å². The highest BCUT2D eigenvalue weighted by atomic mass is 32.2. The number of nitrogens with two attached hydrogens (primary N) is 1. The molecule has 0 radical (unpaired) electrons. The Balaban J connectivity index is 2.59. The normalized spacial score (nSPS) is 11.8. The van der Waals surface area contributed by atoms with Gasteiger partial charge in [-0.25, -0.2) is 22.3 Å². The van der Waals surface area contributed by atoms with Crippen LogP contribution in [0, 0.1) is 11.6 Å². The van der Waals surface area contributed by atoms with Crippen molar-refractivity contribution in [2.24, 2.45) is 12.2 Å². The Morgan fingerprint density at radius 3 is 2.39 bits per heavy atom. The number of halogens is 2. The third-order valence-corrected chi connectivity index (χ3v) is 3.13. The van der Waals surface area contributed by atoms with Gasteiger partial charge in [-0.1, -0.05) is 0 Å². The lowest BCUT2D eigenvalue weighted by atomic mass is 10.2. The summed E-state index contributed by atoms with van der Waals surface area (Å²) in [5.41, 5.74) is 0.193. The van der Waals surface area contributed by atoms with Crippen molar-refractivity contribution in [3.05, 3.63) is 29.8 Å². The maximum Gasteiger partial charge on any atom is 0.273 e. The average molecular weight is 274 g/mol. The van der Waals surface area contributed by atoms with Crippen LogP contribution in [-0.2, 0) is 17.1 Å². The van der Waals surface area contributed by atoms with Crippen LogP contribution in [0.4, 0.5) is 8.78 Å². The molecule has 0 aliphatic rings. The molecule has 0 amide bonds. The van der Waals surface area contributed by atoms with E-state index in [1.807, 2.05) is 0 Å². The molecule has 1 aromatic heterocycles. The fraction of sp³-hybridized carbons (Fsp3) is 0.111. The first-order valence-corrected chi connectivity index (χ1v) is 6.23. The smallest absolute Gasteiger partial charge is 0.273 e. The maximum atomic E-state index is 13.1. The zero-order valence-electron chi connectivity index (χ0n) is 9.13. The molecule has 0 fully saturated rings. The van der Waals surface area contributed by atoms with Crippen LogP contribution in [0.1, 0.15) is 0 Å². The molecule has 1 heterocycles. The van der Waals surface area contributed by atoms with Crippen LogP contribution >= 0.6 is 0 Å². The highest BCUT2D eigenvalue weighted by molar-refractivity contribution is 7.89. The van der Waals surface area contributed by atoms with E-state index in [-0.39, 0.29) is 11.4 Å². The van der Waals surface area contributed by atoms with E-state index in [1.54, 1.807) is 0 Å². The van der Waals surface area contributed by atoms with Crippen molar-refractivity contribution in [3.8, 4) is 11.4 Å². The first-order valence-electron chi connectivity index (χ1n) is 4.68. The van der Waals surface area contributed by atoms with Gasteiger partial charge in [-0.2, -0.15) is 0 Å². The number of hydrogen-bond acceptors (Lipinski definition) is 4. The van der Waals surface area contributed by atoms with E-state index in [0.29, 0.717) is 0 Å². The number of aromatic nitrogens is 3. The zero-order chi connectivity index (χ0) is 13.5. The van der Waals surface area contributed by atoms with Gasteiger partial charge in [0.25, 0.3) is 15.2 Å². The van der Waals surface area contributed by atoms with Gasteiger partial charge in [0.2, 0.25) is 0 Å². The SMILES string of the molecule is Cn1c(-c2ccc(F)c(F)c2)nnc1S(N)(=O)=O. The lowest BCUT2D eigenvalue weighted by molar-refractivity contribution is 0.509. The van der Waals surface area contributed by atoms with Gasteiger partial charge in [0.1, 0.15) is 0 Å². The second-order valence-corrected chi connectivity index (χ2v) is 4.99. The molecule has 96 valence electrons. The molecule has 0 bridgehead atoms. The summed E-state index contributed by atoms with van der Waals surface area (Å²) in [5, 5.41) is 11.4. The summed E-state index contributed by atoms with van der Waals surface area (Å²) in [6, 6.07) is 3.07. The van der Waals surface area contributed by atoms with Crippen molar-refractivity contribution < 1.29 is 17.2 Å². The second kappa shape index (κ2) is 4.10. The standard InChI is InChI=1S/C9H8F2N4O2S/c1-15-8(13-14-9(15)18(12,16)17)5-2-3-6(10)7(11)4-5/h2-4H,1H3,(H2,12,16,17). The second-order valence-electron chi connectivity index (χ2n) is 3.54. The number of hydrogen-bond donors (Lipinski definition) is 1. The van der Waals surface area contributed by atoms with Crippen molar-refractivity contribution in [1.82, 2.24) is 14.8 Å². The van der Waals surface area contributed by atoms with Crippen LogP contribution in [0.5, 0.6) is 0 Å². The van der Waals surface area contributed by atoms with Crippen molar-refractivity contribution in [2.75, 3.05) is 0 Å². The third-order valence-electron chi connectivity index (χ3n) is 2.27. The molecule has 0 aliphatic heterocycles. The molecule has 0 spiro atoms.